The fraction of sp³-hybridized carbons (Fsp3) is 0.448. The van der Waals surface area contributed by atoms with Crippen LogP contribution in [0, 0.1) is 41.6 Å². The van der Waals surface area contributed by atoms with E-state index < -0.39 is 5.79 Å². The molecule has 0 radical (unpaired) electrons. The molecule has 0 spiro atoms. The van der Waals surface area contributed by atoms with Crippen molar-refractivity contribution in [2.24, 2.45) is 23.5 Å². The van der Waals surface area contributed by atoms with Crippen LogP contribution in [0.25, 0.3) is 0 Å². The van der Waals surface area contributed by atoms with Crippen LogP contribution in [-0.4, -0.2) is 26.6 Å². The van der Waals surface area contributed by atoms with E-state index in [0.717, 1.165) is 30.7 Å². The van der Waals surface area contributed by atoms with Crippen molar-refractivity contribution in [2.45, 2.75) is 44.8 Å². The molecule has 4 atom stereocenters. The Hall–Kier alpha value is -3.12. The molecule has 5 nitrogen and oxygen atoms in total. The number of methoxy groups -OCH3 is 2. The lowest BCUT2D eigenvalue weighted by Crippen LogP contribution is -2.48. The second-order valence-corrected chi connectivity index (χ2v) is 8.87. The molecule has 1 aromatic rings. The van der Waals surface area contributed by atoms with Crippen LogP contribution in [0.5, 0.6) is 0 Å². The summed E-state index contributed by atoms with van der Waals surface area (Å²) < 4.78 is 16.5. The lowest BCUT2D eigenvalue weighted by molar-refractivity contribution is -0.242. The maximum atomic E-state index is 6.11. The number of benzene rings is 1. The third-order valence-corrected chi connectivity index (χ3v) is 6.55. The van der Waals surface area contributed by atoms with Crippen molar-refractivity contribution in [3.63, 3.8) is 0 Å². The molecule has 1 aromatic carbocycles. The zero-order valence-corrected chi connectivity index (χ0v) is 20.9. The Morgan fingerprint density at radius 1 is 1.21 bits per heavy atom. The van der Waals surface area contributed by atoms with Crippen LogP contribution in [0.1, 0.15) is 43.7 Å². The van der Waals surface area contributed by atoms with Gasteiger partial charge in [-0.25, -0.2) is 0 Å². The van der Waals surface area contributed by atoms with E-state index in [2.05, 4.69) is 56.0 Å². The summed E-state index contributed by atoms with van der Waals surface area (Å²) in [6.07, 6.45) is 7.78. The summed E-state index contributed by atoms with van der Waals surface area (Å²) in [7, 11) is 3.47. The van der Waals surface area contributed by atoms with Crippen molar-refractivity contribution >= 4 is 5.69 Å². The molecule has 4 N–H and O–H groups in total. The molecule has 4 unspecified atom stereocenters. The largest absolute Gasteiger partial charge is 0.495 e. The molecule has 0 aliphatic heterocycles. The molecule has 3 rings (SSSR count). The van der Waals surface area contributed by atoms with Gasteiger partial charge in [0, 0.05) is 44.7 Å². The van der Waals surface area contributed by atoms with Gasteiger partial charge in [-0.3, -0.25) is 0 Å². The van der Waals surface area contributed by atoms with Crippen LogP contribution >= 0.6 is 0 Å². The normalized spacial score (nSPS) is 24.0. The maximum Gasteiger partial charge on any atom is 0.168 e. The maximum absolute atomic E-state index is 6.11. The molecule has 0 heterocycles. The van der Waals surface area contributed by atoms with Gasteiger partial charge in [0.25, 0.3) is 0 Å². The average molecular weight is 463 g/mol. The van der Waals surface area contributed by atoms with Crippen molar-refractivity contribution in [2.75, 3.05) is 26.6 Å². The SMILES string of the molecule is C=CCOC(=C)C.COC1(OC)CC(C)C2C(C#C/C=C\C#CN)Cc3ccc(N)cc3C2C1. The van der Waals surface area contributed by atoms with Crippen LogP contribution in [0.2, 0.25) is 0 Å². The predicted octanol–water partition coefficient (Wildman–Crippen LogP) is 4.76. The number of hydrogen-bond donors (Lipinski definition) is 2. The topological polar surface area (TPSA) is 79.7 Å². The number of fused-ring (bicyclic) bond motifs is 3. The Labute approximate surface area is 205 Å². The molecule has 2 aliphatic carbocycles. The fourth-order valence-corrected chi connectivity index (χ4v) is 5.14. The average Bonchev–Trinajstić information content (AvgIpc) is 2.82. The van der Waals surface area contributed by atoms with Crippen LogP contribution in [0.4, 0.5) is 5.69 Å². The van der Waals surface area contributed by atoms with Gasteiger partial charge < -0.3 is 25.7 Å². The summed E-state index contributed by atoms with van der Waals surface area (Å²) in [4.78, 5) is 0. The van der Waals surface area contributed by atoms with Gasteiger partial charge >= 0.3 is 0 Å². The Morgan fingerprint density at radius 3 is 2.50 bits per heavy atom. The van der Waals surface area contributed by atoms with Crippen molar-refractivity contribution in [1.82, 2.24) is 0 Å². The highest BCUT2D eigenvalue weighted by molar-refractivity contribution is 5.49. The highest BCUT2D eigenvalue weighted by atomic mass is 16.7. The zero-order chi connectivity index (χ0) is 25.1. The summed E-state index contributed by atoms with van der Waals surface area (Å²) in [6, 6.07) is 8.60. The van der Waals surface area contributed by atoms with E-state index in [1.807, 2.05) is 13.0 Å². The predicted molar refractivity (Wildman–Crippen MR) is 139 cm³/mol. The minimum Gasteiger partial charge on any atom is -0.495 e. The lowest BCUT2D eigenvalue weighted by atomic mass is 9.58. The summed E-state index contributed by atoms with van der Waals surface area (Å²) in [5.74, 6) is 11.0. The molecule has 0 bridgehead atoms. The standard InChI is InChI=1S/C23H28N2O2.C6H10O/c1-16-14-23(26-2,27-3)15-21-20-13-19(25)10-9-17(20)12-18(22(16)21)8-6-4-5-7-11-24;1-4-5-7-6(2)3/h4-5,9-10,13,16,18,21-22H,12,14-15,24-25H2,1-3H3;4H,1-2,5H2,3H3/b5-4-;. The van der Waals surface area contributed by atoms with Crippen molar-refractivity contribution < 1.29 is 14.2 Å². The first kappa shape index (κ1) is 27.1. The number of allylic oxidation sites excluding steroid dienone is 3. The van der Waals surface area contributed by atoms with E-state index in [0.29, 0.717) is 24.4 Å². The second-order valence-electron chi connectivity index (χ2n) is 8.87. The molecule has 182 valence electrons. The number of nitrogen functional groups attached to an aromatic ring is 1. The molecule has 2 aliphatic rings. The van der Waals surface area contributed by atoms with E-state index >= 15 is 0 Å². The Bertz CT molecular complexity index is 1000. The summed E-state index contributed by atoms with van der Waals surface area (Å²) in [5, 5.41) is 0. The molecule has 5 heteroatoms. The minimum absolute atomic E-state index is 0.281. The highest BCUT2D eigenvalue weighted by Gasteiger charge is 2.50. The van der Waals surface area contributed by atoms with E-state index in [1.165, 1.54) is 11.1 Å². The molecule has 0 aromatic heterocycles. The summed E-state index contributed by atoms with van der Waals surface area (Å²) in [6.45, 7) is 11.6. The second kappa shape index (κ2) is 12.9. The first-order chi connectivity index (χ1) is 16.3. The van der Waals surface area contributed by atoms with Gasteiger partial charge in [0.15, 0.2) is 5.79 Å². The quantitative estimate of drug-likeness (QED) is 0.165. The van der Waals surface area contributed by atoms with E-state index in [1.54, 1.807) is 32.4 Å². The third-order valence-electron chi connectivity index (χ3n) is 6.55. The van der Waals surface area contributed by atoms with Gasteiger partial charge in [-0.15, -0.1) is 0 Å². The van der Waals surface area contributed by atoms with Crippen molar-refractivity contribution in [3.8, 4) is 23.8 Å². The molecular formula is C29H38N2O3. The minimum atomic E-state index is -0.547. The van der Waals surface area contributed by atoms with Crippen LogP contribution in [0.15, 0.2) is 55.3 Å². The van der Waals surface area contributed by atoms with E-state index in [9.17, 15) is 0 Å². The Kier molecular flexibility index (Phi) is 10.3. The van der Waals surface area contributed by atoms with Crippen LogP contribution < -0.4 is 11.5 Å². The molecule has 34 heavy (non-hydrogen) atoms. The number of rotatable bonds is 5. The van der Waals surface area contributed by atoms with Crippen molar-refractivity contribution in [1.29, 1.82) is 0 Å². The molecular weight excluding hydrogens is 424 g/mol. The van der Waals surface area contributed by atoms with Gasteiger partial charge in [0.1, 0.15) is 6.61 Å². The summed E-state index contributed by atoms with van der Waals surface area (Å²) in [5.41, 5.74) is 14.7. The first-order valence-electron chi connectivity index (χ1n) is 11.6. The highest BCUT2D eigenvalue weighted by Crippen LogP contribution is 2.54. The van der Waals surface area contributed by atoms with Gasteiger partial charge in [-0.05, 0) is 66.5 Å². The summed E-state index contributed by atoms with van der Waals surface area (Å²) >= 11 is 0. The third kappa shape index (κ3) is 6.94. The van der Waals surface area contributed by atoms with Gasteiger partial charge in [0.05, 0.1) is 5.76 Å². The van der Waals surface area contributed by atoms with Gasteiger partial charge in [-0.1, -0.05) is 50.0 Å². The van der Waals surface area contributed by atoms with Crippen LogP contribution in [0.3, 0.4) is 0 Å². The number of ether oxygens (including phenoxy) is 3. The molecule has 0 saturated heterocycles. The monoisotopic (exact) mass is 462 g/mol. The number of hydrogen-bond acceptors (Lipinski definition) is 5. The molecule has 0 amide bonds. The van der Waals surface area contributed by atoms with E-state index in [-0.39, 0.29) is 5.92 Å². The van der Waals surface area contributed by atoms with E-state index in [4.69, 9.17) is 25.7 Å². The van der Waals surface area contributed by atoms with Gasteiger partial charge in [-0.2, -0.15) is 0 Å². The fourth-order valence-electron chi connectivity index (χ4n) is 5.14. The van der Waals surface area contributed by atoms with Crippen LogP contribution in [-0.2, 0) is 20.6 Å². The number of nitrogens with two attached hydrogens (primary N) is 2. The lowest BCUT2D eigenvalue weighted by Gasteiger charge is -2.50. The Morgan fingerprint density at radius 2 is 1.91 bits per heavy atom. The molecule has 1 fully saturated rings. The van der Waals surface area contributed by atoms with Gasteiger partial charge in [0.2, 0.25) is 0 Å². The number of anilines is 1. The smallest absolute Gasteiger partial charge is 0.168 e. The first-order valence-corrected chi connectivity index (χ1v) is 11.6. The zero-order valence-electron chi connectivity index (χ0n) is 20.9. The Balaban J connectivity index is 0.000000509. The van der Waals surface area contributed by atoms with Crippen molar-refractivity contribution in [3.05, 3.63) is 66.5 Å². The molecule has 1 saturated carbocycles.